The second-order valence-corrected chi connectivity index (χ2v) is 9.62. The third-order valence-corrected chi connectivity index (χ3v) is 5.88. The van der Waals surface area contributed by atoms with Crippen molar-refractivity contribution in [3.05, 3.63) is 24.3 Å². The van der Waals surface area contributed by atoms with Crippen molar-refractivity contribution in [3.8, 4) is 0 Å². The molecule has 0 spiro atoms. The molecular formula is C14H19N5O3S3. The number of thioether (sulfide) groups is 1. The van der Waals surface area contributed by atoms with Crippen LogP contribution in [0.25, 0.3) is 0 Å². The van der Waals surface area contributed by atoms with Crippen molar-refractivity contribution in [3.63, 3.8) is 0 Å². The molecule has 0 fully saturated rings. The highest BCUT2D eigenvalue weighted by molar-refractivity contribution is 8.02. The third-order valence-electron chi connectivity index (χ3n) is 2.92. The van der Waals surface area contributed by atoms with E-state index in [1.54, 1.807) is 6.92 Å². The zero-order valence-corrected chi connectivity index (χ0v) is 16.3. The van der Waals surface area contributed by atoms with Crippen molar-refractivity contribution in [1.82, 2.24) is 10.2 Å². The van der Waals surface area contributed by atoms with Crippen LogP contribution in [0.4, 0.5) is 10.8 Å². The van der Waals surface area contributed by atoms with Gasteiger partial charge in [0.1, 0.15) is 0 Å². The minimum absolute atomic E-state index is 0.00744. The molecule has 1 unspecified atom stereocenters. The van der Waals surface area contributed by atoms with Crippen LogP contribution in [0.5, 0.6) is 0 Å². The molecular weight excluding hydrogens is 382 g/mol. The van der Waals surface area contributed by atoms with Gasteiger partial charge in [-0.15, -0.1) is 10.2 Å². The van der Waals surface area contributed by atoms with Crippen LogP contribution in [0.15, 0.2) is 33.5 Å². The topological polar surface area (TPSA) is 127 Å². The molecule has 0 aliphatic heterocycles. The zero-order chi connectivity index (χ0) is 18.6. The maximum absolute atomic E-state index is 12.2. The highest BCUT2D eigenvalue weighted by Gasteiger charge is 2.18. The SMILES string of the molecule is CC(C)Nc1nnc(SC(C)C(=O)Nc2ccc(S(N)(=O)=O)cc2)s1. The molecule has 1 atom stereocenters. The van der Waals surface area contributed by atoms with E-state index in [0.29, 0.717) is 15.2 Å². The Kier molecular flexibility index (Phi) is 6.38. The summed E-state index contributed by atoms with van der Waals surface area (Å²) in [5, 5.41) is 19.3. The molecule has 4 N–H and O–H groups in total. The van der Waals surface area contributed by atoms with Crippen LogP contribution in [0.1, 0.15) is 20.8 Å². The number of nitrogens with one attached hydrogen (secondary N) is 2. The first-order valence-electron chi connectivity index (χ1n) is 7.35. The van der Waals surface area contributed by atoms with Gasteiger partial charge in [0, 0.05) is 11.7 Å². The first-order chi connectivity index (χ1) is 11.6. The van der Waals surface area contributed by atoms with E-state index in [1.165, 1.54) is 47.4 Å². The van der Waals surface area contributed by atoms with Gasteiger partial charge in [0.25, 0.3) is 0 Å². The first kappa shape index (κ1) is 19.6. The maximum atomic E-state index is 12.2. The molecule has 8 nitrogen and oxygen atoms in total. The van der Waals surface area contributed by atoms with Crippen LogP contribution in [-0.4, -0.2) is 35.8 Å². The normalized spacial score (nSPS) is 12.8. The van der Waals surface area contributed by atoms with Gasteiger partial charge in [-0.05, 0) is 45.0 Å². The van der Waals surface area contributed by atoms with Crippen LogP contribution in [0, 0.1) is 0 Å². The van der Waals surface area contributed by atoms with Gasteiger partial charge in [0.2, 0.25) is 21.1 Å². The van der Waals surface area contributed by atoms with Crippen molar-refractivity contribution in [1.29, 1.82) is 0 Å². The molecule has 0 radical (unpaired) electrons. The number of nitrogens with two attached hydrogens (primary N) is 1. The summed E-state index contributed by atoms with van der Waals surface area (Å²) in [6.07, 6.45) is 0. The number of anilines is 2. The number of hydrogen-bond donors (Lipinski definition) is 3. The largest absolute Gasteiger partial charge is 0.358 e. The van der Waals surface area contributed by atoms with E-state index in [1.807, 2.05) is 13.8 Å². The van der Waals surface area contributed by atoms with Gasteiger partial charge in [-0.2, -0.15) is 0 Å². The number of amides is 1. The van der Waals surface area contributed by atoms with E-state index in [4.69, 9.17) is 5.14 Å². The summed E-state index contributed by atoms with van der Waals surface area (Å²) in [7, 11) is -3.75. The van der Waals surface area contributed by atoms with Crippen molar-refractivity contribution in [2.75, 3.05) is 10.6 Å². The maximum Gasteiger partial charge on any atom is 0.238 e. The molecule has 1 heterocycles. The summed E-state index contributed by atoms with van der Waals surface area (Å²) >= 11 is 2.69. The standard InChI is InChI=1S/C14H19N5O3S3/c1-8(2)16-13-18-19-14(24-13)23-9(3)12(20)17-10-4-6-11(7-5-10)25(15,21)22/h4-9H,1-3H3,(H,16,18)(H,17,20)(H2,15,21,22). The Morgan fingerprint density at radius 3 is 2.40 bits per heavy atom. The highest BCUT2D eigenvalue weighted by Crippen LogP contribution is 2.29. The zero-order valence-electron chi connectivity index (χ0n) is 13.9. The number of carbonyl (C=O) groups is 1. The Bertz CT molecular complexity index is 834. The molecule has 0 saturated carbocycles. The molecule has 11 heteroatoms. The lowest BCUT2D eigenvalue weighted by molar-refractivity contribution is -0.115. The van der Waals surface area contributed by atoms with Gasteiger partial charge in [-0.3, -0.25) is 4.79 Å². The van der Waals surface area contributed by atoms with Crippen LogP contribution < -0.4 is 15.8 Å². The Hall–Kier alpha value is -1.69. The van der Waals surface area contributed by atoms with E-state index >= 15 is 0 Å². The minimum Gasteiger partial charge on any atom is -0.358 e. The van der Waals surface area contributed by atoms with Crippen LogP contribution in [0.3, 0.4) is 0 Å². The summed E-state index contributed by atoms with van der Waals surface area (Å²) in [6, 6.07) is 5.93. The van der Waals surface area contributed by atoms with E-state index in [2.05, 4.69) is 20.8 Å². The number of primary sulfonamides is 1. The number of carbonyl (C=O) groups excluding carboxylic acids is 1. The smallest absolute Gasteiger partial charge is 0.238 e. The van der Waals surface area contributed by atoms with Crippen molar-refractivity contribution in [2.24, 2.45) is 5.14 Å². The first-order valence-corrected chi connectivity index (χ1v) is 10.6. The molecule has 1 amide bonds. The minimum atomic E-state index is -3.75. The molecule has 0 aliphatic rings. The fourth-order valence-corrected chi connectivity index (χ4v) is 4.30. The quantitative estimate of drug-likeness (QED) is 0.606. The number of nitrogens with zero attached hydrogens (tertiary/aromatic N) is 2. The van der Waals surface area contributed by atoms with Crippen LogP contribution in [-0.2, 0) is 14.8 Å². The van der Waals surface area contributed by atoms with Gasteiger partial charge >= 0.3 is 0 Å². The van der Waals surface area contributed by atoms with Gasteiger partial charge < -0.3 is 10.6 Å². The number of sulfonamides is 1. The van der Waals surface area contributed by atoms with Gasteiger partial charge in [0.05, 0.1) is 10.1 Å². The van der Waals surface area contributed by atoms with Crippen molar-refractivity contribution >= 4 is 49.8 Å². The predicted octanol–water partition coefficient (Wildman–Crippen LogP) is 2.13. The lowest BCUT2D eigenvalue weighted by Gasteiger charge is -2.10. The Morgan fingerprint density at radius 1 is 1.20 bits per heavy atom. The molecule has 25 heavy (non-hydrogen) atoms. The van der Waals surface area contributed by atoms with Crippen molar-refractivity contribution in [2.45, 2.75) is 41.3 Å². The van der Waals surface area contributed by atoms with Gasteiger partial charge in [-0.1, -0.05) is 23.1 Å². The molecule has 1 aromatic heterocycles. The fourth-order valence-electron chi connectivity index (χ4n) is 1.74. The van der Waals surface area contributed by atoms with Crippen molar-refractivity contribution < 1.29 is 13.2 Å². The Balaban J connectivity index is 1.95. The lowest BCUT2D eigenvalue weighted by Crippen LogP contribution is -2.22. The summed E-state index contributed by atoms with van der Waals surface area (Å²) < 4.78 is 23.1. The average Bonchev–Trinajstić information content (AvgIpc) is 2.93. The molecule has 0 aliphatic carbocycles. The van der Waals surface area contributed by atoms with Crippen LogP contribution in [0.2, 0.25) is 0 Å². The molecule has 1 aromatic carbocycles. The highest BCUT2D eigenvalue weighted by atomic mass is 32.2. The summed E-state index contributed by atoms with van der Waals surface area (Å²) in [4.78, 5) is 12.2. The second kappa shape index (κ2) is 8.13. The summed E-state index contributed by atoms with van der Waals surface area (Å²) in [6.45, 7) is 5.77. The van der Waals surface area contributed by atoms with Crippen LogP contribution >= 0.6 is 23.1 Å². The summed E-state index contributed by atoms with van der Waals surface area (Å²) in [5.74, 6) is -0.220. The second-order valence-electron chi connectivity index (χ2n) is 5.49. The average molecular weight is 402 g/mol. The van der Waals surface area contributed by atoms with Gasteiger partial charge in [-0.25, -0.2) is 13.6 Å². The monoisotopic (exact) mass is 401 g/mol. The summed E-state index contributed by atoms with van der Waals surface area (Å²) in [5.41, 5.74) is 0.490. The Labute approximate surface area is 154 Å². The number of aromatic nitrogens is 2. The van der Waals surface area contributed by atoms with E-state index in [9.17, 15) is 13.2 Å². The number of rotatable bonds is 7. The van der Waals surface area contributed by atoms with E-state index in [0.717, 1.165) is 0 Å². The van der Waals surface area contributed by atoms with Gasteiger partial charge in [0.15, 0.2) is 4.34 Å². The molecule has 2 rings (SSSR count). The van der Waals surface area contributed by atoms with E-state index < -0.39 is 15.3 Å². The fraction of sp³-hybridized carbons (Fsp3) is 0.357. The Morgan fingerprint density at radius 2 is 1.84 bits per heavy atom. The molecule has 2 aromatic rings. The number of hydrogen-bond acceptors (Lipinski definition) is 8. The molecule has 0 bridgehead atoms. The third kappa shape index (κ3) is 5.96. The molecule has 0 saturated heterocycles. The molecule has 136 valence electrons. The number of benzene rings is 1. The van der Waals surface area contributed by atoms with E-state index in [-0.39, 0.29) is 16.8 Å². The lowest BCUT2D eigenvalue weighted by atomic mass is 10.3. The predicted molar refractivity (Wildman–Crippen MR) is 100 cm³/mol.